The number of rotatable bonds is 2. The maximum atomic E-state index is 11.3. The molecule has 1 N–H and O–H groups in total. The van der Waals surface area contributed by atoms with Gasteiger partial charge in [0.15, 0.2) is 0 Å². The molecule has 31 heavy (non-hydrogen) atoms. The van der Waals surface area contributed by atoms with Crippen LogP contribution in [0.1, 0.15) is 63.9 Å². The van der Waals surface area contributed by atoms with Crippen LogP contribution in [0.3, 0.4) is 0 Å². The van der Waals surface area contributed by atoms with Gasteiger partial charge in [0.1, 0.15) is 0 Å². The van der Waals surface area contributed by atoms with Crippen molar-refractivity contribution in [1.82, 2.24) is 9.96 Å². The Kier molecular flexibility index (Phi) is 10.3. The SMILES string of the molecule is C=CC(=O)N1CC2(CCN([O-])C(C)C2)C1.C[C@]1(O)CCCC(c2ccccc2Cl)C1.[K+]. The monoisotopic (exact) mass is 472 g/mol. The first-order chi connectivity index (χ1) is 14.1. The number of amides is 1. The molecular formula is C24H34ClKN2O3. The molecule has 1 amide bonds. The fourth-order valence-corrected chi connectivity index (χ4v) is 5.56. The van der Waals surface area contributed by atoms with Crippen LogP contribution in [0.25, 0.3) is 0 Å². The van der Waals surface area contributed by atoms with E-state index in [9.17, 15) is 15.1 Å². The average molecular weight is 473 g/mol. The number of carbonyl (C=O) groups excluding carboxylic acids is 1. The van der Waals surface area contributed by atoms with Crippen LogP contribution in [-0.2, 0) is 4.79 Å². The Hall–Kier alpha value is 0.236. The Morgan fingerprint density at radius 2 is 1.97 bits per heavy atom. The predicted molar refractivity (Wildman–Crippen MR) is 121 cm³/mol. The molecule has 1 aromatic rings. The number of hydrogen-bond acceptors (Lipinski definition) is 4. The molecule has 3 aliphatic rings. The third kappa shape index (κ3) is 7.11. The van der Waals surface area contributed by atoms with Gasteiger partial charge in [0.2, 0.25) is 5.91 Å². The van der Waals surface area contributed by atoms with Crippen LogP contribution in [-0.4, -0.2) is 52.3 Å². The van der Waals surface area contributed by atoms with Gasteiger partial charge in [0, 0.05) is 23.5 Å². The van der Waals surface area contributed by atoms with Crippen LogP contribution in [0.4, 0.5) is 0 Å². The van der Waals surface area contributed by atoms with Crippen molar-refractivity contribution in [1.29, 1.82) is 0 Å². The molecule has 3 atom stereocenters. The summed E-state index contributed by atoms with van der Waals surface area (Å²) in [5.74, 6) is 0.431. The van der Waals surface area contributed by atoms with Crippen LogP contribution < -0.4 is 51.4 Å². The summed E-state index contributed by atoms with van der Waals surface area (Å²) in [5.41, 5.74) is 0.903. The van der Waals surface area contributed by atoms with E-state index in [4.69, 9.17) is 11.6 Å². The number of hydroxylamine groups is 2. The molecule has 1 spiro atoms. The van der Waals surface area contributed by atoms with E-state index in [1.165, 1.54) is 11.6 Å². The molecule has 7 heteroatoms. The summed E-state index contributed by atoms with van der Waals surface area (Å²) in [6, 6.07) is 8.08. The summed E-state index contributed by atoms with van der Waals surface area (Å²) in [4.78, 5) is 13.1. The first-order valence-electron chi connectivity index (χ1n) is 11.0. The van der Waals surface area contributed by atoms with Gasteiger partial charge in [-0.2, -0.15) is 0 Å². The van der Waals surface area contributed by atoms with Crippen molar-refractivity contribution in [3.8, 4) is 0 Å². The summed E-state index contributed by atoms with van der Waals surface area (Å²) in [7, 11) is 0. The van der Waals surface area contributed by atoms with Crippen molar-refractivity contribution in [2.24, 2.45) is 5.41 Å². The van der Waals surface area contributed by atoms with Gasteiger partial charge in [-0.05, 0) is 81.7 Å². The van der Waals surface area contributed by atoms with Crippen molar-refractivity contribution in [2.45, 2.75) is 69.9 Å². The van der Waals surface area contributed by atoms with E-state index in [0.717, 1.165) is 61.7 Å². The largest absolute Gasteiger partial charge is 1.00 e. The summed E-state index contributed by atoms with van der Waals surface area (Å²) >= 11 is 6.17. The molecular weight excluding hydrogens is 439 g/mol. The van der Waals surface area contributed by atoms with Crippen LogP contribution in [0.15, 0.2) is 36.9 Å². The van der Waals surface area contributed by atoms with Crippen LogP contribution in [0.5, 0.6) is 0 Å². The van der Waals surface area contributed by atoms with Gasteiger partial charge in [-0.25, -0.2) is 0 Å². The quantitative estimate of drug-likeness (QED) is 0.526. The second-order valence-electron chi connectivity index (χ2n) is 9.65. The summed E-state index contributed by atoms with van der Waals surface area (Å²) in [6.45, 7) is 9.58. The molecule has 0 aromatic heterocycles. The molecule has 1 saturated carbocycles. The zero-order valence-corrected chi connectivity index (χ0v) is 23.0. The first kappa shape index (κ1) is 27.5. The van der Waals surface area contributed by atoms with Crippen molar-refractivity contribution < 1.29 is 61.3 Å². The van der Waals surface area contributed by atoms with Gasteiger partial charge in [-0.1, -0.05) is 43.3 Å². The normalized spacial score (nSPS) is 29.8. The van der Waals surface area contributed by atoms with E-state index in [1.54, 1.807) is 4.90 Å². The molecule has 5 nitrogen and oxygen atoms in total. The van der Waals surface area contributed by atoms with Crippen LogP contribution in [0.2, 0.25) is 5.02 Å². The number of hydrogen-bond donors (Lipinski definition) is 1. The van der Waals surface area contributed by atoms with E-state index < -0.39 is 5.60 Å². The third-order valence-corrected chi connectivity index (χ3v) is 7.26. The number of likely N-dealkylation sites (tertiary alicyclic amines) is 1. The molecule has 2 aliphatic heterocycles. The van der Waals surface area contributed by atoms with Crippen molar-refractivity contribution in [3.63, 3.8) is 0 Å². The second-order valence-corrected chi connectivity index (χ2v) is 10.1. The average Bonchev–Trinajstić information content (AvgIpc) is 2.68. The van der Waals surface area contributed by atoms with E-state index >= 15 is 0 Å². The summed E-state index contributed by atoms with van der Waals surface area (Å²) in [6.07, 6.45) is 7.16. The van der Waals surface area contributed by atoms with Crippen molar-refractivity contribution in [3.05, 3.63) is 52.7 Å². The smallest absolute Gasteiger partial charge is 0.785 e. The molecule has 1 aromatic carbocycles. The van der Waals surface area contributed by atoms with E-state index in [-0.39, 0.29) is 68.7 Å². The first-order valence-corrected chi connectivity index (χ1v) is 11.3. The van der Waals surface area contributed by atoms with Gasteiger partial charge >= 0.3 is 51.4 Å². The maximum absolute atomic E-state index is 11.3. The molecule has 0 radical (unpaired) electrons. The number of benzene rings is 1. The number of halogens is 1. The second kappa shape index (κ2) is 11.6. The van der Waals surface area contributed by atoms with Crippen molar-refractivity contribution >= 4 is 17.5 Å². The summed E-state index contributed by atoms with van der Waals surface area (Å²) in [5, 5.41) is 23.4. The van der Waals surface area contributed by atoms with Gasteiger partial charge in [0.25, 0.3) is 0 Å². The topological polar surface area (TPSA) is 66.8 Å². The number of carbonyl (C=O) groups is 1. The minimum atomic E-state index is -0.512. The standard InChI is InChI=1S/C13H17ClO.C11H17N2O2.K/c1-13(15)8-4-5-10(9-13)11-6-2-3-7-12(11)14;1-3-10(14)12-7-11(8-12)4-5-13(15)9(2)6-11;/h2-3,6-7,10,15H,4-5,8-9H2,1H3;3,9H,1,4-8H2,2H3;/q;-1;+1/t10?,13-;;/m0../s1. The Balaban J connectivity index is 0.000000213. The van der Waals surface area contributed by atoms with E-state index in [0.29, 0.717) is 12.5 Å². The Bertz CT molecular complexity index is 767. The maximum Gasteiger partial charge on any atom is 1.00 e. The minimum Gasteiger partial charge on any atom is -0.785 e. The predicted octanol–water partition coefficient (Wildman–Crippen LogP) is 1.74. The Labute approximate surface area is 234 Å². The zero-order valence-electron chi connectivity index (χ0n) is 19.1. The third-order valence-electron chi connectivity index (χ3n) is 6.92. The molecule has 2 saturated heterocycles. The van der Waals surface area contributed by atoms with E-state index in [1.807, 2.05) is 32.0 Å². The van der Waals surface area contributed by atoms with Gasteiger partial charge in [0.05, 0.1) is 5.60 Å². The molecule has 4 rings (SSSR count). The van der Waals surface area contributed by atoms with Crippen LogP contribution in [0, 0.1) is 10.6 Å². The molecule has 0 bridgehead atoms. The minimum absolute atomic E-state index is 0. The van der Waals surface area contributed by atoms with Gasteiger partial charge in [-0.3, -0.25) is 4.79 Å². The van der Waals surface area contributed by atoms with Gasteiger partial charge in [-0.15, -0.1) is 0 Å². The molecule has 166 valence electrons. The number of piperidine rings is 1. The fraction of sp³-hybridized carbons (Fsp3) is 0.625. The Morgan fingerprint density at radius 1 is 1.29 bits per heavy atom. The number of nitrogens with zero attached hydrogens (tertiary/aromatic N) is 2. The fourth-order valence-electron chi connectivity index (χ4n) is 5.27. The number of aliphatic hydroxyl groups is 1. The van der Waals surface area contributed by atoms with Crippen LogP contribution >= 0.6 is 11.6 Å². The Morgan fingerprint density at radius 3 is 2.55 bits per heavy atom. The van der Waals surface area contributed by atoms with Gasteiger partial charge < -0.3 is 20.3 Å². The zero-order chi connectivity index (χ0) is 21.9. The molecule has 2 unspecified atom stereocenters. The summed E-state index contributed by atoms with van der Waals surface area (Å²) < 4.78 is 0. The molecule has 3 fully saturated rings. The van der Waals surface area contributed by atoms with Crippen molar-refractivity contribution in [2.75, 3.05) is 19.6 Å². The molecule has 2 heterocycles. The molecule has 1 aliphatic carbocycles. The van der Waals surface area contributed by atoms with E-state index in [2.05, 4.69) is 12.6 Å².